The number of ether oxygens (including phenoxy) is 2. The summed E-state index contributed by atoms with van der Waals surface area (Å²) in [7, 11) is 0. The molecule has 2 aromatic rings. The molecule has 0 saturated carbocycles. The van der Waals surface area contributed by atoms with E-state index in [1.807, 2.05) is 30.9 Å². The number of benzene rings is 1. The second-order valence-electron chi connectivity index (χ2n) is 9.86. The van der Waals surface area contributed by atoms with Crippen LogP contribution in [0.25, 0.3) is 0 Å². The minimum Gasteiger partial charge on any atom is -0.449 e. The molecule has 0 unspecified atom stereocenters. The summed E-state index contributed by atoms with van der Waals surface area (Å²) in [5.74, 6) is 1.08. The minimum absolute atomic E-state index is 0.0431. The molecule has 170 valence electrons. The van der Waals surface area contributed by atoms with E-state index >= 15 is 0 Å². The van der Waals surface area contributed by atoms with Gasteiger partial charge in [-0.2, -0.15) is 0 Å². The predicted octanol–water partition coefficient (Wildman–Crippen LogP) is 3.69. The van der Waals surface area contributed by atoms with Crippen LogP contribution in [-0.4, -0.2) is 52.7 Å². The zero-order valence-corrected chi connectivity index (χ0v) is 19.0. The maximum absolute atomic E-state index is 12.8. The van der Waals surface area contributed by atoms with E-state index in [1.54, 1.807) is 18.3 Å². The molecule has 7 nitrogen and oxygen atoms in total. The summed E-state index contributed by atoms with van der Waals surface area (Å²) in [5, 5.41) is 0. The maximum Gasteiger partial charge on any atom is 0.274 e. The van der Waals surface area contributed by atoms with E-state index in [4.69, 9.17) is 15.2 Å². The number of carbonyl (C=O) groups is 1. The Morgan fingerprint density at radius 3 is 2.47 bits per heavy atom. The van der Waals surface area contributed by atoms with Crippen LogP contribution in [0.4, 0.5) is 5.69 Å². The summed E-state index contributed by atoms with van der Waals surface area (Å²) in [4.78, 5) is 21.5. The SMILES string of the molecule is CC1(C)Oc2cccc(CN3CCC4(CC3)CCN(C(=O)c3ncccc3N)CC4)c2O1. The van der Waals surface area contributed by atoms with Crippen molar-refractivity contribution in [3.8, 4) is 11.5 Å². The zero-order chi connectivity index (χ0) is 22.3. The third-order valence-electron chi connectivity index (χ3n) is 7.23. The lowest BCUT2D eigenvalue weighted by Crippen LogP contribution is -2.48. The lowest BCUT2D eigenvalue weighted by Gasteiger charge is -2.47. The molecule has 0 bridgehead atoms. The second-order valence-corrected chi connectivity index (χ2v) is 9.86. The number of nitrogen functional groups attached to an aromatic ring is 1. The molecule has 2 N–H and O–H groups in total. The smallest absolute Gasteiger partial charge is 0.274 e. The number of rotatable bonds is 3. The van der Waals surface area contributed by atoms with Gasteiger partial charge in [-0.25, -0.2) is 4.98 Å². The number of fused-ring (bicyclic) bond motifs is 1. The van der Waals surface area contributed by atoms with Gasteiger partial charge in [0.15, 0.2) is 17.2 Å². The van der Waals surface area contributed by atoms with Crippen molar-refractivity contribution in [2.24, 2.45) is 5.41 Å². The average molecular weight is 437 g/mol. The largest absolute Gasteiger partial charge is 0.449 e. The Morgan fingerprint density at radius 2 is 1.75 bits per heavy atom. The van der Waals surface area contributed by atoms with Crippen LogP contribution in [-0.2, 0) is 6.54 Å². The molecule has 1 spiro atoms. The summed E-state index contributed by atoms with van der Waals surface area (Å²) < 4.78 is 12.0. The number of piperidine rings is 2. The van der Waals surface area contributed by atoms with Gasteiger partial charge in [0.05, 0.1) is 5.69 Å². The first-order chi connectivity index (χ1) is 15.3. The first-order valence-corrected chi connectivity index (χ1v) is 11.6. The fourth-order valence-corrected chi connectivity index (χ4v) is 5.27. The fourth-order valence-electron chi connectivity index (χ4n) is 5.27. The molecule has 3 aliphatic rings. The molecule has 0 atom stereocenters. The maximum atomic E-state index is 12.8. The molecule has 7 heteroatoms. The van der Waals surface area contributed by atoms with Gasteiger partial charge in [0.25, 0.3) is 5.91 Å². The number of pyridine rings is 1. The van der Waals surface area contributed by atoms with E-state index < -0.39 is 5.79 Å². The van der Waals surface area contributed by atoms with Gasteiger partial charge >= 0.3 is 0 Å². The Morgan fingerprint density at radius 1 is 1.03 bits per heavy atom. The van der Waals surface area contributed by atoms with Gasteiger partial charge in [0.1, 0.15) is 0 Å². The van der Waals surface area contributed by atoms with E-state index in [1.165, 1.54) is 18.4 Å². The molecule has 32 heavy (non-hydrogen) atoms. The quantitative estimate of drug-likeness (QED) is 0.790. The van der Waals surface area contributed by atoms with Crippen LogP contribution in [0.1, 0.15) is 55.6 Å². The van der Waals surface area contributed by atoms with Crippen molar-refractivity contribution in [3.05, 3.63) is 47.8 Å². The van der Waals surface area contributed by atoms with Crippen LogP contribution < -0.4 is 15.2 Å². The number of para-hydroxylation sites is 1. The Balaban J connectivity index is 1.17. The molecule has 5 rings (SSSR count). The highest BCUT2D eigenvalue weighted by molar-refractivity contribution is 5.97. The number of hydrogen-bond acceptors (Lipinski definition) is 6. The molecular weight excluding hydrogens is 404 g/mol. The van der Waals surface area contributed by atoms with E-state index in [-0.39, 0.29) is 5.91 Å². The van der Waals surface area contributed by atoms with Crippen LogP contribution in [0.5, 0.6) is 11.5 Å². The van der Waals surface area contributed by atoms with E-state index in [0.717, 1.165) is 57.1 Å². The molecule has 1 aromatic carbocycles. The third-order valence-corrected chi connectivity index (χ3v) is 7.23. The molecule has 0 aliphatic carbocycles. The van der Waals surface area contributed by atoms with Crippen LogP contribution >= 0.6 is 0 Å². The first-order valence-electron chi connectivity index (χ1n) is 11.6. The molecule has 2 saturated heterocycles. The molecule has 3 aliphatic heterocycles. The second kappa shape index (κ2) is 7.96. The number of anilines is 1. The number of nitrogens with two attached hydrogens (primary N) is 1. The minimum atomic E-state index is -0.601. The van der Waals surface area contributed by atoms with Gasteiger partial charge in [-0.05, 0) is 62.4 Å². The molecule has 1 amide bonds. The van der Waals surface area contributed by atoms with Crippen molar-refractivity contribution in [2.45, 2.75) is 51.9 Å². The van der Waals surface area contributed by atoms with Gasteiger partial charge in [-0.3, -0.25) is 9.69 Å². The summed E-state index contributed by atoms with van der Waals surface area (Å²) in [6.07, 6.45) is 6.05. The van der Waals surface area contributed by atoms with Crippen molar-refractivity contribution >= 4 is 11.6 Å². The first kappa shape index (κ1) is 21.1. The highest BCUT2D eigenvalue weighted by Crippen LogP contribution is 2.44. The topological polar surface area (TPSA) is 80.9 Å². The van der Waals surface area contributed by atoms with Crippen LogP contribution in [0, 0.1) is 5.41 Å². The monoisotopic (exact) mass is 436 g/mol. The summed E-state index contributed by atoms with van der Waals surface area (Å²) in [6, 6.07) is 9.66. The normalized spacial score (nSPS) is 21.6. The van der Waals surface area contributed by atoms with Gasteiger partial charge in [0, 0.05) is 45.2 Å². The van der Waals surface area contributed by atoms with Crippen LogP contribution in [0.2, 0.25) is 0 Å². The lowest BCUT2D eigenvalue weighted by atomic mass is 9.71. The van der Waals surface area contributed by atoms with Gasteiger partial charge in [0.2, 0.25) is 5.79 Å². The summed E-state index contributed by atoms with van der Waals surface area (Å²) in [6.45, 7) is 8.45. The molecule has 0 radical (unpaired) electrons. The number of aromatic nitrogens is 1. The van der Waals surface area contributed by atoms with E-state index in [9.17, 15) is 4.79 Å². The summed E-state index contributed by atoms with van der Waals surface area (Å²) in [5.41, 5.74) is 8.32. The Labute approximate surface area is 189 Å². The van der Waals surface area contributed by atoms with Gasteiger partial charge in [-0.15, -0.1) is 0 Å². The highest BCUT2D eigenvalue weighted by atomic mass is 16.7. The predicted molar refractivity (Wildman–Crippen MR) is 123 cm³/mol. The molecular formula is C25H32N4O3. The molecule has 1 aromatic heterocycles. The summed E-state index contributed by atoms with van der Waals surface area (Å²) >= 11 is 0. The van der Waals surface area contributed by atoms with Gasteiger partial charge < -0.3 is 20.1 Å². The Kier molecular flexibility index (Phi) is 5.24. The molecule has 4 heterocycles. The fraction of sp³-hybridized carbons (Fsp3) is 0.520. The van der Waals surface area contributed by atoms with Crippen molar-refractivity contribution in [2.75, 3.05) is 31.9 Å². The Bertz CT molecular complexity index is 1000. The van der Waals surface area contributed by atoms with E-state index in [2.05, 4.69) is 16.0 Å². The number of amides is 1. The van der Waals surface area contributed by atoms with Crippen LogP contribution in [0.15, 0.2) is 36.5 Å². The number of hydrogen-bond donors (Lipinski definition) is 1. The van der Waals surface area contributed by atoms with E-state index in [0.29, 0.717) is 16.8 Å². The number of likely N-dealkylation sites (tertiary alicyclic amines) is 2. The highest BCUT2D eigenvalue weighted by Gasteiger charge is 2.39. The lowest BCUT2D eigenvalue weighted by molar-refractivity contribution is -0.0438. The average Bonchev–Trinajstić information content (AvgIpc) is 3.11. The van der Waals surface area contributed by atoms with Crippen molar-refractivity contribution < 1.29 is 14.3 Å². The zero-order valence-electron chi connectivity index (χ0n) is 19.0. The number of nitrogens with zero attached hydrogens (tertiary/aromatic N) is 3. The van der Waals surface area contributed by atoms with Crippen molar-refractivity contribution in [1.82, 2.24) is 14.8 Å². The van der Waals surface area contributed by atoms with Gasteiger partial charge in [-0.1, -0.05) is 12.1 Å². The van der Waals surface area contributed by atoms with Crippen molar-refractivity contribution in [3.63, 3.8) is 0 Å². The van der Waals surface area contributed by atoms with Crippen molar-refractivity contribution in [1.29, 1.82) is 0 Å². The Hall–Kier alpha value is -2.80. The standard InChI is InChI=1S/C25H32N4O3/c1-24(2)31-20-7-3-5-18(22(20)32-24)17-28-13-8-25(9-14-28)10-15-29(16-11-25)23(30)21-19(26)6-4-12-27-21/h3-7,12H,8-11,13-17,26H2,1-2H3. The number of carbonyl (C=O) groups excluding carboxylic acids is 1. The van der Waals surface area contributed by atoms with Crippen LogP contribution in [0.3, 0.4) is 0 Å². The molecule has 2 fully saturated rings. The third kappa shape index (κ3) is 4.01.